The fraction of sp³-hybridized carbons (Fsp3) is 0.333. The Morgan fingerprint density at radius 3 is 2.91 bits per heavy atom. The molecule has 1 aliphatic heterocycles. The monoisotopic (exact) mass is 454 g/mol. The lowest BCUT2D eigenvalue weighted by molar-refractivity contribution is -0.123. The van der Waals surface area contributed by atoms with E-state index in [1.54, 1.807) is 6.33 Å². The van der Waals surface area contributed by atoms with E-state index in [-0.39, 0.29) is 5.91 Å². The number of hydrogen-bond acceptors (Lipinski definition) is 7. The molecule has 0 atom stereocenters. The van der Waals surface area contributed by atoms with Crippen molar-refractivity contribution in [3.8, 4) is 0 Å². The van der Waals surface area contributed by atoms with Gasteiger partial charge in [-0.2, -0.15) is 0 Å². The number of nitrogens with two attached hydrogens (primary N) is 1. The quantitative estimate of drug-likeness (QED) is 0.403. The van der Waals surface area contributed by atoms with Gasteiger partial charge in [-0.05, 0) is 23.8 Å². The fourth-order valence-electron chi connectivity index (χ4n) is 3.97. The van der Waals surface area contributed by atoms with Crippen molar-refractivity contribution in [3.05, 3.63) is 47.1 Å². The highest BCUT2D eigenvalue weighted by Gasteiger charge is 2.15. The summed E-state index contributed by atoms with van der Waals surface area (Å²) in [5.74, 6) is 0.339. The molecular formula is C21H23ClN8O2. The molecule has 1 aromatic carbocycles. The van der Waals surface area contributed by atoms with Crippen LogP contribution in [0.15, 0.2) is 30.9 Å². The van der Waals surface area contributed by atoms with Gasteiger partial charge in [-0.3, -0.25) is 9.69 Å². The smallest absolute Gasteiger partial charge is 0.234 e. The number of benzene rings is 1. The van der Waals surface area contributed by atoms with Crippen LogP contribution < -0.4 is 11.1 Å². The van der Waals surface area contributed by atoms with E-state index in [9.17, 15) is 4.79 Å². The molecule has 4 N–H and O–H groups in total. The third-order valence-electron chi connectivity index (χ3n) is 5.55. The van der Waals surface area contributed by atoms with Gasteiger partial charge in [0.2, 0.25) is 5.91 Å². The summed E-state index contributed by atoms with van der Waals surface area (Å²) in [4.78, 5) is 30.5. The van der Waals surface area contributed by atoms with E-state index in [2.05, 4.69) is 30.2 Å². The summed E-state index contributed by atoms with van der Waals surface area (Å²) in [6.07, 6.45) is 3.12. The van der Waals surface area contributed by atoms with Crippen molar-refractivity contribution < 1.29 is 9.53 Å². The molecule has 4 aromatic rings. The Morgan fingerprint density at radius 1 is 1.22 bits per heavy atom. The van der Waals surface area contributed by atoms with E-state index in [1.807, 2.05) is 22.8 Å². The van der Waals surface area contributed by atoms with Gasteiger partial charge in [-0.15, -0.1) is 0 Å². The van der Waals surface area contributed by atoms with Crippen LogP contribution in [0.1, 0.15) is 11.3 Å². The number of anilines is 1. The predicted octanol–water partition coefficient (Wildman–Crippen LogP) is 1.54. The molecule has 4 heterocycles. The highest BCUT2D eigenvalue weighted by atomic mass is 35.5. The van der Waals surface area contributed by atoms with Crippen LogP contribution in [-0.4, -0.2) is 68.2 Å². The molecule has 11 heteroatoms. The second kappa shape index (κ2) is 8.73. The van der Waals surface area contributed by atoms with Crippen LogP contribution in [0.25, 0.3) is 22.1 Å². The van der Waals surface area contributed by atoms with Crippen LogP contribution in [0, 0.1) is 0 Å². The van der Waals surface area contributed by atoms with E-state index in [0.717, 1.165) is 35.2 Å². The first kappa shape index (κ1) is 20.7. The number of aromatic nitrogens is 5. The van der Waals surface area contributed by atoms with Crippen LogP contribution in [0.2, 0.25) is 5.02 Å². The normalized spacial score (nSPS) is 14.9. The van der Waals surface area contributed by atoms with Crippen LogP contribution >= 0.6 is 11.6 Å². The van der Waals surface area contributed by atoms with E-state index in [0.29, 0.717) is 54.9 Å². The van der Waals surface area contributed by atoms with Crippen molar-refractivity contribution in [2.24, 2.45) is 0 Å². The lowest BCUT2D eigenvalue weighted by Crippen LogP contribution is -2.43. The fourth-order valence-corrected chi connectivity index (χ4v) is 4.22. The van der Waals surface area contributed by atoms with Crippen LogP contribution in [0.5, 0.6) is 0 Å². The van der Waals surface area contributed by atoms with E-state index in [1.165, 1.54) is 6.33 Å². The SMILES string of the molecule is Nc1ncnc2c1ncn2Cc1cc(Cl)cc2cc(CNC(=O)CN3CCOCC3)[nH]c12. The van der Waals surface area contributed by atoms with Gasteiger partial charge in [-0.1, -0.05) is 11.6 Å². The number of nitrogen functional groups attached to an aromatic ring is 1. The molecule has 10 nitrogen and oxygen atoms in total. The molecule has 166 valence electrons. The lowest BCUT2D eigenvalue weighted by Gasteiger charge is -2.25. The number of H-pyrrole nitrogens is 1. The number of rotatable bonds is 6. The maximum atomic E-state index is 12.3. The Hall–Kier alpha value is -3.21. The van der Waals surface area contributed by atoms with Crippen molar-refractivity contribution in [1.29, 1.82) is 0 Å². The highest BCUT2D eigenvalue weighted by molar-refractivity contribution is 6.31. The third kappa shape index (κ3) is 4.24. The standard InChI is InChI=1S/C21H23ClN8O2/c22-15-5-13-7-16(8-24-17(31)10-29-1-3-32-4-2-29)28-18(13)14(6-15)9-30-12-27-19-20(23)25-11-26-21(19)30/h5-7,11-12,28H,1-4,8-10H2,(H,24,31)(H2,23,25,26). The molecule has 1 fully saturated rings. The van der Waals surface area contributed by atoms with Gasteiger partial charge in [0.05, 0.1) is 44.7 Å². The van der Waals surface area contributed by atoms with Gasteiger partial charge in [-0.25, -0.2) is 15.0 Å². The number of amides is 1. The molecule has 3 aromatic heterocycles. The summed E-state index contributed by atoms with van der Waals surface area (Å²) in [6.45, 7) is 4.19. The molecule has 5 rings (SSSR count). The molecule has 0 unspecified atom stereocenters. The summed E-state index contributed by atoms with van der Waals surface area (Å²) in [6, 6.07) is 5.82. The predicted molar refractivity (Wildman–Crippen MR) is 121 cm³/mol. The Balaban J connectivity index is 1.34. The van der Waals surface area contributed by atoms with E-state index >= 15 is 0 Å². The van der Waals surface area contributed by atoms with Crippen LogP contribution in [0.4, 0.5) is 5.82 Å². The molecule has 1 saturated heterocycles. The maximum absolute atomic E-state index is 12.3. The second-order valence-corrected chi connectivity index (χ2v) is 8.23. The molecule has 0 saturated carbocycles. The minimum atomic E-state index is -0.00836. The first-order valence-electron chi connectivity index (χ1n) is 10.3. The molecule has 0 spiro atoms. The zero-order valence-corrected chi connectivity index (χ0v) is 18.1. The van der Waals surface area contributed by atoms with Gasteiger partial charge in [0, 0.05) is 29.2 Å². The van der Waals surface area contributed by atoms with Gasteiger partial charge >= 0.3 is 0 Å². The van der Waals surface area contributed by atoms with Gasteiger partial charge < -0.3 is 25.3 Å². The Bertz CT molecular complexity index is 1280. The number of carbonyl (C=O) groups excluding carboxylic acids is 1. The number of nitrogens with zero attached hydrogens (tertiary/aromatic N) is 5. The largest absolute Gasteiger partial charge is 0.382 e. The Morgan fingerprint density at radius 2 is 2.06 bits per heavy atom. The first-order valence-corrected chi connectivity index (χ1v) is 10.7. The van der Waals surface area contributed by atoms with Crippen molar-refractivity contribution >= 4 is 45.4 Å². The minimum absolute atomic E-state index is 0.00836. The molecular weight excluding hydrogens is 432 g/mol. The summed E-state index contributed by atoms with van der Waals surface area (Å²) in [5.41, 5.74) is 9.97. The number of ether oxygens (including phenoxy) is 1. The van der Waals surface area contributed by atoms with Crippen molar-refractivity contribution in [2.45, 2.75) is 13.1 Å². The number of hydrogen-bond donors (Lipinski definition) is 3. The van der Waals surface area contributed by atoms with E-state index in [4.69, 9.17) is 22.1 Å². The molecule has 32 heavy (non-hydrogen) atoms. The molecule has 1 aliphatic rings. The average Bonchev–Trinajstić information content (AvgIpc) is 3.38. The van der Waals surface area contributed by atoms with Crippen LogP contribution in [-0.2, 0) is 22.6 Å². The Kier molecular flexibility index (Phi) is 5.64. The van der Waals surface area contributed by atoms with Crippen molar-refractivity contribution in [2.75, 3.05) is 38.6 Å². The maximum Gasteiger partial charge on any atom is 0.234 e. The van der Waals surface area contributed by atoms with Crippen molar-refractivity contribution in [3.63, 3.8) is 0 Å². The summed E-state index contributed by atoms with van der Waals surface area (Å²) >= 11 is 6.38. The van der Waals surface area contributed by atoms with Crippen molar-refractivity contribution in [1.82, 2.24) is 34.7 Å². The summed E-state index contributed by atoms with van der Waals surface area (Å²) in [7, 11) is 0. The number of carbonyl (C=O) groups is 1. The number of halogens is 1. The topological polar surface area (TPSA) is 127 Å². The van der Waals surface area contributed by atoms with Crippen LogP contribution in [0.3, 0.4) is 0 Å². The number of nitrogens with one attached hydrogen (secondary N) is 2. The number of fused-ring (bicyclic) bond motifs is 2. The van der Waals surface area contributed by atoms with Gasteiger partial charge in [0.15, 0.2) is 11.5 Å². The highest BCUT2D eigenvalue weighted by Crippen LogP contribution is 2.26. The molecule has 0 radical (unpaired) electrons. The second-order valence-electron chi connectivity index (χ2n) is 7.79. The molecule has 0 bridgehead atoms. The number of imidazole rings is 1. The summed E-state index contributed by atoms with van der Waals surface area (Å²) < 4.78 is 7.23. The molecule has 1 amide bonds. The summed E-state index contributed by atoms with van der Waals surface area (Å²) in [5, 5.41) is 4.59. The zero-order valence-electron chi connectivity index (χ0n) is 17.3. The van der Waals surface area contributed by atoms with Gasteiger partial charge in [0.25, 0.3) is 0 Å². The minimum Gasteiger partial charge on any atom is -0.382 e. The average molecular weight is 455 g/mol. The Labute approximate surface area is 188 Å². The zero-order chi connectivity index (χ0) is 22.1. The van der Waals surface area contributed by atoms with E-state index < -0.39 is 0 Å². The first-order chi connectivity index (χ1) is 15.6. The van der Waals surface area contributed by atoms with Gasteiger partial charge in [0.1, 0.15) is 11.8 Å². The number of aromatic amines is 1. The molecule has 0 aliphatic carbocycles. The third-order valence-corrected chi connectivity index (χ3v) is 5.77. The number of morpholine rings is 1. The lowest BCUT2D eigenvalue weighted by atomic mass is 10.1.